The van der Waals surface area contributed by atoms with Crippen molar-refractivity contribution in [1.29, 1.82) is 0 Å². The number of rotatable bonds is 1. The summed E-state index contributed by atoms with van der Waals surface area (Å²) in [5, 5.41) is 11.1. The molecule has 2 heterocycles. The van der Waals surface area contributed by atoms with Gasteiger partial charge in [0.25, 0.3) is 0 Å². The Labute approximate surface area is 75.4 Å². The van der Waals surface area contributed by atoms with Crippen molar-refractivity contribution in [3.05, 3.63) is 29.7 Å². The maximum Gasteiger partial charge on any atom is 0.157 e. The van der Waals surface area contributed by atoms with Crippen molar-refractivity contribution in [3.8, 4) is 5.82 Å². The Morgan fingerprint density at radius 2 is 2.08 bits per heavy atom. The number of aryl methyl sites for hydroxylation is 2. The van der Waals surface area contributed by atoms with Gasteiger partial charge in [-0.15, -0.1) is 5.10 Å². The van der Waals surface area contributed by atoms with E-state index in [1.54, 1.807) is 10.9 Å². The molecule has 13 heavy (non-hydrogen) atoms. The minimum Gasteiger partial charge on any atom is -0.237 e. The average molecular weight is 175 g/mol. The van der Waals surface area contributed by atoms with E-state index < -0.39 is 0 Å². The number of hydrogen-bond acceptors (Lipinski definition) is 4. The van der Waals surface area contributed by atoms with Crippen LogP contribution in [0.4, 0.5) is 0 Å². The molecule has 0 N–H and O–H groups in total. The average Bonchev–Trinajstić information content (AvgIpc) is 2.53. The van der Waals surface area contributed by atoms with Crippen molar-refractivity contribution in [1.82, 2.24) is 25.2 Å². The van der Waals surface area contributed by atoms with E-state index >= 15 is 0 Å². The highest BCUT2D eigenvalue weighted by molar-refractivity contribution is 5.23. The maximum absolute atomic E-state index is 4.20. The van der Waals surface area contributed by atoms with Gasteiger partial charge in [0.05, 0.1) is 0 Å². The second-order valence-corrected chi connectivity index (χ2v) is 2.83. The summed E-state index contributed by atoms with van der Waals surface area (Å²) >= 11 is 0. The predicted molar refractivity (Wildman–Crippen MR) is 46.4 cm³/mol. The van der Waals surface area contributed by atoms with E-state index in [4.69, 9.17) is 0 Å². The summed E-state index contributed by atoms with van der Waals surface area (Å²) in [6, 6.07) is 3.86. The van der Waals surface area contributed by atoms with Crippen LogP contribution in [0, 0.1) is 13.8 Å². The van der Waals surface area contributed by atoms with Crippen LogP contribution in [0.1, 0.15) is 11.4 Å². The zero-order chi connectivity index (χ0) is 9.26. The van der Waals surface area contributed by atoms with Gasteiger partial charge in [0.2, 0.25) is 0 Å². The zero-order valence-corrected chi connectivity index (χ0v) is 7.47. The van der Waals surface area contributed by atoms with Crippen molar-refractivity contribution in [2.24, 2.45) is 0 Å². The molecule has 0 aliphatic carbocycles. The molecule has 0 spiro atoms. The van der Waals surface area contributed by atoms with Gasteiger partial charge >= 0.3 is 0 Å². The molecule has 0 unspecified atom stereocenters. The standard InChI is InChI=1S/C8H9N5/c1-6-3-4-8(9-5-6)13-7(2)10-11-12-13/h3-5H,1-2H3. The van der Waals surface area contributed by atoms with E-state index in [2.05, 4.69) is 20.5 Å². The molecule has 0 aliphatic rings. The van der Waals surface area contributed by atoms with Crippen LogP contribution in [0.2, 0.25) is 0 Å². The Hall–Kier alpha value is -1.78. The SMILES string of the molecule is Cc1ccc(-n2nnnc2C)nc1. The van der Waals surface area contributed by atoms with Crippen LogP contribution in [0.15, 0.2) is 18.3 Å². The van der Waals surface area contributed by atoms with Crippen molar-refractivity contribution in [2.75, 3.05) is 0 Å². The lowest BCUT2D eigenvalue weighted by atomic mass is 10.3. The topological polar surface area (TPSA) is 56.5 Å². The molecule has 2 rings (SSSR count). The molecule has 0 aliphatic heterocycles. The van der Waals surface area contributed by atoms with Crippen molar-refractivity contribution >= 4 is 0 Å². The summed E-state index contributed by atoms with van der Waals surface area (Å²) in [6.45, 7) is 3.82. The predicted octanol–water partition coefficient (Wildman–Crippen LogP) is 0.674. The molecule has 0 radical (unpaired) electrons. The lowest BCUT2D eigenvalue weighted by Crippen LogP contribution is -2.01. The van der Waals surface area contributed by atoms with Crippen LogP contribution in [0.3, 0.4) is 0 Å². The zero-order valence-electron chi connectivity index (χ0n) is 7.47. The fraction of sp³-hybridized carbons (Fsp3) is 0.250. The highest BCUT2D eigenvalue weighted by Gasteiger charge is 2.02. The summed E-state index contributed by atoms with van der Waals surface area (Å²) in [6.07, 6.45) is 1.79. The number of nitrogens with zero attached hydrogens (tertiary/aromatic N) is 5. The lowest BCUT2D eigenvalue weighted by Gasteiger charge is -1.99. The molecule has 0 fully saturated rings. The largest absolute Gasteiger partial charge is 0.237 e. The summed E-state index contributed by atoms with van der Waals surface area (Å²) < 4.78 is 1.60. The van der Waals surface area contributed by atoms with Gasteiger partial charge in [-0.05, 0) is 35.9 Å². The molecule has 2 aromatic heterocycles. The van der Waals surface area contributed by atoms with E-state index in [9.17, 15) is 0 Å². The molecule has 5 nitrogen and oxygen atoms in total. The van der Waals surface area contributed by atoms with E-state index in [1.807, 2.05) is 26.0 Å². The van der Waals surface area contributed by atoms with Gasteiger partial charge in [0, 0.05) is 6.20 Å². The molecule has 0 amide bonds. The van der Waals surface area contributed by atoms with Crippen molar-refractivity contribution < 1.29 is 0 Å². The Bertz CT molecular complexity index is 403. The highest BCUT2D eigenvalue weighted by atomic mass is 15.5. The molecule has 0 aromatic carbocycles. The third kappa shape index (κ3) is 1.40. The Balaban J connectivity index is 2.47. The fourth-order valence-corrected chi connectivity index (χ4v) is 1.03. The second kappa shape index (κ2) is 2.93. The Morgan fingerprint density at radius 3 is 2.62 bits per heavy atom. The summed E-state index contributed by atoms with van der Waals surface area (Å²) in [5.41, 5.74) is 1.12. The third-order valence-electron chi connectivity index (χ3n) is 1.74. The van der Waals surface area contributed by atoms with Crippen LogP contribution in [0.5, 0.6) is 0 Å². The molecule has 0 bridgehead atoms. The molecule has 0 atom stereocenters. The summed E-state index contributed by atoms with van der Waals surface area (Å²) in [4.78, 5) is 4.20. The quantitative estimate of drug-likeness (QED) is 0.639. The van der Waals surface area contributed by atoms with Gasteiger partial charge in [-0.25, -0.2) is 4.98 Å². The first-order valence-electron chi connectivity index (χ1n) is 3.95. The van der Waals surface area contributed by atoms with Crippen molar-refractivity contribution in [2.45, 2.75) is 13.8 Å². The highest BCUT2D eigenvalue weighted by Crippen LogP contribution is 2.04. The first-order valence-corrected chi connectivity index (χ1v) is 3.95. The fourth-order valence-electron chi connectivity index (χ4n) is 1.03. The molecule has 0 saturated heterocycles. The van der Waals surface area contributed by atoms with Crippen LogP contribution >= 0.6 is 0 Å². The van der Waals surface area contributed by atoms with Gasteiger partial charge in [-0.3, -0.25) is 0 Å². The maximum atomic E-state index is 4.20. The Kier molecular flexibility index (Phi) is 1.77. The number of pyridine rings is 1. The lowest BCUT2D eigenvalue weighted by molar-refractivity contribution is 0.759. The molecule has 0 saturated carbocycles. The van der Waals surface area contributed by atoms with Gasteiger partial charge in [0.1, 0.15) is 0 Å². The molecular weight excluding hydrogens is 166 g/mol. The smallest absolute Gasteiger partial charge is 0.157 e. The number of aromatic nitrogens is 5. The normalized spacial score (nSPS) is 10.3. The molecular formula is C8H9N5. The van der Waals surface area contributed by atoms with E-state index in [-0.39, 0.29) is 0 Å². The van der Waals surface area contributed by atoms with E-state index in [0.717, 1.165) is 17.2 Å². The van der Waals surface area contributed by atoms with Crippen LogP contribution < -0.4 is 0 Å². The molecule has 2 aromatic rings. The minimum absolute atomic E-state index is 0.733. The van der Waals surface area contributed by atoms with Crippen LogP contribution in [-0.4, -0.2) is 25.2 Å². The molecule has 5 heteroatoms. The number of hydrogen-bond donors (Lipinski definition) is 0. The van der Waals surface area contributed by atoms with Gasteiger partial charge in [-0.1, -0.05) is 6.07 Å². The third-order valence-corrected chi connectivity index (χ3v) is 1.74. The number of tetrazole rings is 1. The van der Waals surface area contributed by atoms with E-state index in [1.165, 1.54) is 0 Å². The first-order chi connectivity index (χ1) is 6.27. The Morgan fingerprint density at radius 1 is 1.23 bits per heavy atom. The van der Waals surface area contributed by atoms with Crippen LogP contribution in [-0.2, 0) is 0 Å². The monoisotopic (exact) mass is 175 g/mol. The van der Waals surface area contributed by atoms with Gasteiger partial charge in [-0.2, -0.15) is 4.68 Å². The second-order valence-electron chi connectivity index (χ2n) is 2.83. The summed E-state index contributed by atoms with van der Waals surface area (Å²) in [5.74, 6) is 1.48. The van der Waals surface area contributed by atoms with E-state index in [0.29, 0.717) is 0 Å². The van der Waals surface area contributed by atoms with Gasteiger partial charge < -0.3 is 0 Å². The first kappa shape index (κ1) is 7.85. The summed E-state index contributed by atoms with van der Waals surface area (Å²) in [7, 11) is 0. The molecule has 66 valence electrons. The van der Waals surface area contributed by atoms with Crippen molar-refractivity contribution in [3.63, 3.8) is 0 Å². The minimum atomic E-state index is 0.733. The van der Waals surface area contributed by atoms with Crippen LogP contribution in [0.25, 0.3) is 5.82 Å². The van der Waals surface area contributed by atoms with Gasteiger partial charge in [0.15, 0.2) is 11.6 Å².